The number of nitrogens with one attached hydrogen (secondary N) is 1. The molecule has 1 saturated heterocycles. The zero-order valence-corrected chi connectivity index (χ0v) is 15.9. The summed E-state index contributed by atoms with van der Waals surface area (Å²) >= 11 is 0. The van der Waals surface area contributed by atoms with Gasteiger partial charge < -0.3 is 5.32 Å². The number of nitro benzene ring substituents is 1. The van der Waals surface area contributed by atoms with Gasteiger partial charge in [-0.15, -0.1) is 0 Å². The predicted molar refractivity (Wildman–Crippen MR) is 98.7 cm³/mol. The molecular formula is C17H24N4O5S. The Morgan fingerprint density at radius 1 is 1.19 bits per heavy atom. The third-order valence-electron chi connectivity index (χ3n) is 5.08. The first-order valence-electron chi connectivity index (χ1n) is 9.12. The van der Waals surface area contributed by atoms with Gasteiger partial charge in [0.05, 0.1) is 16.4 Å². The lowest BCUT2D eigenvalue weighted by atomic mass is 10.2. The van der Waals surface area contributed by atoms with Gasteiger partial charge in [0, 0.05) is 44.4 Å². The van der Waals surface area contributed by atoms with Crippen LogP contribution in [0.2, 0.25) is 0 Å². The fourth-order valence-electron chi connectivity index (χ4n) is 3.58. The van der Waals surface area contributed by atoms with Crippen molar-refractivity contribution < 1.29 is 18.1 Å². The maximum absolute atomic E-state index is 12.7. The van der Waals surface area contributed by atoms with E-state index >= 15 is 0 Å². The number of carbonyl (C=O) groups is 1. The van der Waals surface area contributed by atoms with Gasteiger partial charge in [-0.25, -0.2) is 8.42 Å². The zero-order chi connectivity index (χ0) is 19.4. The standard InChI is InChI=1S/C17H24N4O5S/c22-17(18-14-4-1-2-5-14)13-19-8-10-20(11-9-19)27(25,26)16-7-3-6-15(12-16)21(23)24/h3,6-7,12,14H,1-2,4-5,8-11,13H2,(H,18,22). The Balaban J connectivity index is 1.55. The van der Waals surface area contributed by atoms with Crippen molar-refractivity contribution >= 4 is 21.6 Å². The molecule has 0 atom stereocenters. The van der Waals surface area contributed by atoms with Crippen molar-refractivity contribution in [2.24, 2.45) is 0 Å². The summed E-state index contributed by atoms with van der Waals surface area (Å²) in [6.07, 6.45) is 4.36. The summed E-state index contributed by atoms with van der Waals surface area (Å²) in [4.78, 5) is 24.2. The Morgan fingerprint density at radius 3 is 2.48 bits per heavy atom. The number of piperazine rings is 1. The van der Waals surface area contributed by atoms with E-state index in [0.29, 0.717) is 13.1 Å². The summed E-state index contributed by atoms with van der Waals surface area (Å²) in [5, 5.41) is 13.9. The smallest absolute Gasteiger partial charge is 0.270 e. The van der Waals surface area contributed by atoms with Crippen LogP contribution in [0.1, 0.15) is 25.7 Å². The predicted octanol–water partition coefficient (Wildman–Crippen LogP) is 0.960. The van der Waals surface area contributed by atoms with Crippen molar-refractivity contribution in [1.82, 2.24) is 14.5 Å². The minimum absolute atomic E-state index is 0.0168. The first kappa shape index (κ1) is 19.7. The summed E-state index contributed by atoms with van der Waals surface area (Å²) in [6.45, 7) is 1.67. The highest BCUT2D eigenvalue weighted by molar-refractivity contribution is 7.89. The molecule has 1 aromatic rings. The molecule has 148 valence electrons. The van der Waals surface area contributed by atoms with Crippen molar-refractivity contribution in [3.05, 3.63) is 34.4 Å². The molecule has 1 aromatic carbocycles. The number of nitrogens with zero attached hydrogens (tertiary/aromatic N) is 3. The minimum atomic E-state index is -3.79. The molecule has 27 heavy (non-hydrogen) atoms. The number of nitro groups is 1. The Morgan fingerprint density at radius 2 is 1.85 bits per heavy atom. The molecule has 0 spiro atoms. The summed E-state index contributed by atoms with van der Waals surface area (Å²) in [5.74, 6) is -0.0168. The molecule has 1 N–H and O–H groups in total. The van der Waals surface area contributed by atoms with Crippen molar-refractivity contribution in [3.63, 3.8) is 0 Å². The lowest BCUT2D eigenvalue weighted by molar-refractivity contribution is -0.385. The molecule has 2 fully saturated rings. The van der Waals surface area contributed by atoms with Crippen LogP contribution in [-0.4, -0.2) is 67.2 Å². The van der Waals surface area contributed by atoms with E-state index in [2.05, 4.69) is 5.32 Å². The lowest BCUT2D eigenvalue weighted by Crippen LogP contribution is -2.51. The van der Waals surface area contributed by atoms with Crippen molar-refractivity contribution in [2.75, 3.05) is 32.7 Å². The van der Waals surface area contributed by atoms with E-state index in [1.54, 1.807) is 0 Å². The number of benzene rings is 1. The first-order valence-corrected chi connectivity index (χ1v) is 10.6. The Labute approximate surface area is 158 Å². The molecule has 0 unspecified atom stereocenters. The van der Waals surface area contributed by atoms with Gasteiger partial charge in [-0.1, -0.05) is 18.9 Å². The zero-order valence-electron chi connectivity index (χ0n) is 15.0. The molecule has 1 saturated carbocycles. The molecule has 3 rings (SSSR count). The SMILES string of the molecule is O=C(CN1CCN(S(=O)(=O)c2cccc([N+](=O)[O-])c2)CC1)NC1CCCC1. The molecule has 1 heterocycles. The van der Waals surface area contributed by atoms with E-state index < -0.39 is 14.9 Å². The second kappa shape index (κ2) is 8.32. The first-order chi connectivity index (χ1) is 12.9. The number of sulfonamides is 1. The van der Waals surface area contributed by atoms with E-state index in [1.165, 1.54) is 22.5 Å². The number of hydrogen-bond donors (Lipinski definition) is 1. The second-order valence-electron chi connectivity index (χ2n) is 6.98. The monoisotopic (exact) mass is 396 g/mol. The number of hydrogen-bond acceptors (Lipinski definition) is 6. The van der Waals surface area contributed by atoms with Gasteiger partial charge in [0.1, 0.15) is 0 Å². The third-order valence-corrected chi connectivity index (χ3v) is 6.98. The molecule has 1 aliphatic carbocycles. The molecular weight excluding hydrogens is 372 g/mol. The van der Waals surface area contributed by atoms with E-state index in [1.807, 2.05) is 4.90 Å². The van der Waals surface area contributed by atoms with Gasteiger partial charge in [0.2, 0.25) is 15.9 Å². The fourth-order valence-corrected chi connectivity index (χ4v) is 5.04. The maximum Gasteiger partial charge on any atom is 0.270 e. The van der Waals surface area contributed by atoms with Crippen LogP contribution < -0.4 is 5.32 Å². The van der Waals surface area contributed by atoms with Gasteiger partial charge >= 0.3 is 0 Å². The summed E-state index contributed by atoms with van der Waals surface area (Å²) in [6, 6.07) is 5.35. The number of non-ortho nitro benzene ring substituents is 1. The summed E-state index contributed by atoms with van der Waals surface area (Å²) in [7, 11) is -3.79. The normalized spacial score (nSPS) is 19.9. The topological polar surface area (TPSA) is 113 Å². The van der Waals surface area contributed by atoms with Gasteiger partial charge in [-0.05, 0) is 18.9 Å². The van der Waals surface area contributed by atoms with Crippen LogP contribution in [0, 0.1) is 10.1 Å². The van der Waals surface area contributed by atoms with Crippen LogP contribution in [0.25, 0.3) is 0 Å². The van der Waals surface area contributed by atoms with E-state index in [9.17, 15) is 23.3 Å². The Hall–Kier alpha value is -2.04. The van der Waals surface area contributed by atoms with E-state index in [-0.39, 0.29) is 42.2 Å². The highest BCUT2D eigenvalue weighted by atomic mass is 32.2. The molecule has 9 nitrogen and oxygen atoms in total. The molecule has 0 bridgehead atoms. The maximum atomic E-state index is 12.7. The molecule has 2 aliphatic rings. The summed E-state index contributed by atoms with van der Waals surface area (Å²) < 4.78 is 26.8. The fraction of sp³-hybridized carbons (Fsp3) is 0.588. The van der Waals surface area contributed by atoms with E-state index in [0.717, 1.165) is 31.7 Å². The highest BCUT2D eigenvalue weighted by Crippen LogP contribution is 2.22. The van der Waals surface area contributed by atoms with Crippen molar-refractivity contribution in [1.29, 1.82) is 0 Å². The van der Waals surface area contributed by atoms with Crippen LogP contribution in [0.4, 0.5) is 5.69 Å². The van der Waals surface area contributed by atoms with E-state index in [4.69, 9.17) is 0 Å². The van der Waals surface area contributed by atoms with Gasteiger partial charge in [-0.3, -0.25) is 19.8 Å². The Kier molecular flexibility index (Phi) is 6.08. The second-order valence-corrected chi connectivity index (χ2v) is 8.92. The average Bonchev–Trinajstić information content (AvgIpc) is 3.15. The largest absolute Gasteiger partial charge is 0.352 e. The van der Waals surface area contributed by atoms with Crippen LogP contribution in [0.5, 0.6) is 0 Å². The number of carbonyl (C=O) groups excluding carboxylic acids is 1. The number of amides is 1. The van der Waals surface area contributed by atoms with Crippen LogP contribution >= 0.6 is 0 Å². The Bertz CT molecular complexity index is 799. The quantitative estimate of drug-likeness (QED) is 0.566. The van der Waals surface area contributed by atoms with Crippen molar-refractivity contribution in [3.8, 4) is 0 Å². The summed E-state index contributed by atoms with van der Waals surface area (Å²) in [5.41, 5.74) is -0.252. The molecule has 1 amide bonds. The minimum Gasteiger partial charge on any atom is -0.352 e. The van der Waals surface area contributed by atoms with Crippen molar-refractivity contribution in [2.45, 2.75) is 36.6 Å². The molecule has 10 heteroatoms. The van der Waals surface area contributed by atoms with Crippen LogP contribution in [0.15, 0.2) is 29.2 Å². The molecule has 0 aromatic heterocycles. The third kappa shape index (κ3) is 4.82. The van der Waals surface area contributed by atoms with Crippen LogP contribution in [0.3, 0.4) is 0 Å². The van der Waals surface area contributed by atoms with Crippen LogP contribution in [-0.2, 0) is 14.8 Å². The van der Waals surface area contributed by atoms with Gasteiger partial charge in [-0.2, -0.15) is 4.31 Å². The van der Waals surface area contributed by atoms with Gasteiger partial charge in [0.25, 0.3) is 5.69 Å². The number of rotatable bonds is 6. The van der Waals surface area contributed by atoms with Gasteiger partial charge in [0.15, 0.2) is 0 Å². The molecule has 1 aliphatic heterocycles. The molecule has 0 radical (unpaired) electrons. The highest BCUT2D eigenvalue weighted by Gasteiger charge is 2.30. The lowest BCUT2D eigenvalue weighted by Gasteiger charge is -2.33. The average molecular weight is 396 g/mol.